The van der Waals surface area contributed by atoms with Gasteiger partial charge in [0.15, 0.2) is 0 Å². The molecule has 3 atom stereocenters. The molecular formula is C25H26Cl2N2O7S. The lowest BCUT2D eigenvalue weighted by Gasteiger charge is -2.25. The molecule has 0 aliphatic carbocycles. The van der Waals surface area contributed by atoms with E-state index in [4.69, 9.17) is 37.4 Å². The number of rotatable bonds is 9. The second-order valence-corrected chi connectivity index (χ2v) is 10.4. The zero-order valence-corrected chi connectivity index (χ0v) is 22.1. The van der Waals surface area contributed by atoms with E-state index in [1.54, 1.807) is 42.5 Å². The van der Waals surface area contributed by atoms with Crippen molar-refractivity contribution in [3.8, 4) is 5.75 Å². The van der Waals surface area contributed by atoms with Gasteiger partial charge in [-0.2, -0.15) is 0 Å². The molecule has 2 aliphatic rings. The average Bonchev–Trinajstić information content (AvgIpc) is 3.56. The van der Waals surface area contributed by atoms with Crippen molar-refractivity contribution in [1.82, 2.24) is 10.2 Å². The molecule has 2 aromatic rings. The molecule has 1 unspecified atom stereocenters. The number of carboxylic acid groups (broad SMARTS) is 1. The van der Waals surface area contributed by atoms with Crippen molar-refractivity contribution < 1.29 is 33.7 Å². The third-order valence-electron chi connectivity index (χ3n) is 6.00. The molecule has 0 radical (unpaired) electrons. The van der Waals surface area contributed by atoms with Crippen LogP contribution in [0.4, 0.5) is 4.79 Å². The van der Waals surface area contributed by atoms with Gasteiger partial charge in [-0.1, -0.05) is 41.4 Å². The molecule has 2 aromatic carbocycles. The number of carbonyl (C=O) groups excluding carboxylic acids is 2. The Morgan fingerprint density at radius 1 is 1.16 bits per heavy atom. The van der Waals surface area contributed by atoms with Crippen molar-refractivity contribution in [2.45, 2.75) is 37.6 Å². The second kappa shape index (κ2) is 12.7. The van der Waals surface area contributed by atoms with Crippen LogP contribution in [0.2, 0.25) is 10.0 Å². The van der Waals surface area contributed by atoms with E-state index in [1.807, 2.05) is 0 Å². The first-order valence-corrected chi connectivity index (χ1v) is 13.5. The number of hydrogen-bond donors (Lipinski definition) is 2. The summed E-state index contributed by atoms with van der Waals surface area (Å²) in [6, 6.07) is 10.1. The number of carboxylic acids is 1. The van der Waals surface area contributed by atoms with Gasteiger partial charge in [0.25, 0.3) is 0 Å². The highest BCUT2D eigenvalue weighted by Crippen LogP contribution is 2.26. The fourth-order valence-electron chi connectivity index (χ4n) is 3.91. The normalized spacial score (nSPS) is 19.9. The summed E-state index contributed by atoms with van der Waals surface area (Å²) in [5, 5.41) is 13.3. The topological polar surface area (TPSA) is 114 Å². The van der Waals surface area contributed by atoms with Gasteiger partial charge in [-0.05, 0) is 29.8 Å². The Labute approximate surface area is 228 Å². The lowest BCUT2D eigenvalue weighted by atomic mass is 10.1. The predicted molar refractivity (Wildman–Crippen MR) is 139 cm³/mol. The fourth-order valence-corrected chi connectivity index (χ4v) is 5.56. The van der Waals surface area contributed by atoms with Crippen LogP contribution in [0.25, 0.3) is 0 Å². The van der Waals surface area contributed by atoms with Gasteiger partial charge in [0.2, 0.25) is 5.91 Å². The monoisotopic (exact) mass is 568 g/mol. The van der Waals surface area contributed by atoms with Crippen LogP contribution in [-0.4, -0.2) is 71.0 Å². The number of thioether (sulfide) groups is 1. The summed E-state index contributed by atoms with van der Waals surface area (Å²) in [6.45, 7) is 1.04. The van der Waals surface area contributed by atoms with E-state index in [2.05, 4.69) is 5.32 Å². The number of ether oxygens (including phenoxy) is 3. The van der Waals surface area contributed by atoms with Crippen molar-refractivity contribution in [3.05, 3.63) is 63.6 Å². The van der Waals surface area contributed by atoms with Crippen molar-refractivity contribution in [2.75, 3.05) is 24.8 Å². The molecule has 4 rings (SSSR count). The maximum Gasteiger partial charge on any atom is 0.411 e. The molecule has 2 fully saturated rings. The molecule has 0 spiro atoms. The third-order valence-corrected chi connectivity index (χ3v) is 7.72. The predicted octanol–water partition coefficient (Wildman–Crippen LogP) is 3.98. The van der Waals surface area contributed by atoms with Crippen molar-refractivity contribution >= 4 is 52.9 Å². The van der Waals surface area contributed by atoms with Crippen molar-refractivity contribution in [3.63, 3.8) is 0 Å². The summed E-state index contributed by atoms with van der Waals surface area (Å²) in [5.74, 6) is -0.502. The van der Waals surface area contributed by atoms with E-state index in [0.29, 0.717) is 58.2 Å². The van der Waals surface area contributed by atoms with E-state index in [1.165, 1.54) is 16.7 Å². The highest BCUT2D eigenvalue weighted by atomic mass is 35.5. The summed E-state index contributed by atoms with van der Waals surface area (Å²) in [6.07, 6.45) is -0.257. The molecule has 0 bridgehead atoms. The summed E-state index contributed by atoms with van der Waals surface area (Å²) < 4.78 is 16.4. The van der Waals surface area contributed by atoms with Crippen molar-refractivity contribution in [2.24, 2.45) is 0 Å². The Balaban J connectivity index is 1.32. The Morgan fingerprint density at radius 2 is 1.89 bits per heavy atom. The standard InChI is InChI=1S/C25H26Cl2N2O7S/c26-19-2-1-3-20(27)18(19)12-35-16-6-4-15(5-7-16)10-21(24(31)32)28-23(30)22-13-37-14-29(22)25(33)36-17-8-9-34-11-17/h1-7,17,21-22H,8-14H2,(H,28,30)(H,31,32)/t17?,21-,22+/m0/s1. The van der Waals surface area contributed by atoms with Gasteiger partial charge in [-0.25, -0.2) is 9.59 Å². The number of nitrogens with one attached hydrogen (secondary N) is 1. The molecule has 37 heavy (non-hydrogen) atoms. The Kier molecular flexibility index (Phi) is 9.42. The second-order valence-electron chi connectivity index (χ2n) is 8.59. The number of carbonyl (C=O) groups is 3. The van der Waals surface area contributed by atoms with Crippen LogP contribution in [-0.2, 0) is 32.1 Å². The van der Waals surface area contributed by atoms with E-state index in [9.17, 15) is 19.5 Å². The van der Waals surface area contributed by atoms with E-state index in [-0.39, 0.29) is 19.1 Å². The quantitative estimate of drug-likeness (QED) is 0.466. The van der Waals surface area contributed by atoms with Crippen LogP contribution in [0.3, 0.4) is 0 Å². The minimum absolute atomic E-state index is 0.0570. The summed E-state index contributed by atoms with van der Waals surface area (Å²) in [4.78, 5) is 38.7. The zero-order valence-electron chi connectivity index (χ0n) is 19.7. The molecular weight excluding hydrogens is 543 g/mol. The fraction of sp³-hybridized carbons (Fsp3) is 0.400. The zero-order chi connectivity index (χ0) is 26.4. The van der Waals surface area contributed by atoms with Gasteiger partial charge in [0.1, 0.15) is 30.5 Å². The first-order chi connectivity index (χ1) is 17.8. The van der Waals surface area contributed by atoms with Gasteiger partial charge < -0.3 is 24.6 Å². The lowest BCUT2D eigenvalue weighted by molar-refractivity contribution is -0.142. The van der Waals surface area contributed by atoms with Crippen LogP contribution >= 0.6 is 35.0 Å². The molecule has 198 valence electrons. The molecule has 2 heterocycles. The smallest absolute Gasteiger partial charge is 0.411 e. The van der Waals surface area contributed by atoms with Crippen LogP contribution < -0.4 is 10.1 Å². The number of aliphatic carboxylic acids is 1. The maximum absolute atomic E-state index is 12.9. The highest BCUT2D eigenvalue weighted by Gasteiger charge is 2.38. The summed E-state index contributed by atoms with van der Waals surface area (Å²) in [5.41, 5.74) is 1.36. The van der Waals surface area contributed by atoms with Crippen LogP contribution in [0.1, 0.15) is 17.5 Å². The molecule has 12 heteroatoms. The van der Waals surface area contributed by atoms with Gasteiger partial charge in [-0.3, -0.25) is 9.69 Å². The SMILES string of the molecule is O=C(O)[C@H](Cc1ccc(OCc2c(Cl)cccc2Cl)cc1)NC(=O)[C@H]1CSCN1C(=O)OC1CCOC1. The van der Waals surface area contributed by atoms with Gasteiger partial charge in [-0.15, -0.1) is 11.8 Å². The largest absolute Gasteiger partial charge is 0.489 e. The van der Waals surface area contributed by atoms with E-state index < -0.39 is 30.1 Å². The first kappa shape index (κ1) is 27.4. The Morgan fingerprint density at radius 3 is 2.54 bits per heavy atom. The molecule has 2 saturated heterocycles. The molecule has 2 aliphatic heterocycles. The third kappa shape index (κ3) is 7.22. The van der Waals surface area contributed by atoms with Crippen LogP contribution in [0.5, 0.6) is 5.75 Å². The minimum Gasteiger partial charge on any atom is -0.489 e. The van der Waals surface area contributed by atoms with Gasteiger partial charge in [0.05, 0.1) is 19.1 Å². The molecule has 2 amide bonds. The van der Waals surface area contributed by atoms with Gasteiger partial charge in [0, 0.05) is 34.2 Å². The maximum atomic E-state index is 12.9. The van der Waals surface area contributed by atoms with Crippen LogP contribution in [0, 0.1) is 0 Å². The first-order valence-electron chi connectivity index (χ1n) is 11.6. The molecule has 9 nitrogen and oxygen atoms in total. The number of halogens is 2. The summed E-state index contributed by atoms with van der Waals surface area (Å²) >= 11 is 13.7. The Hall–Kier alpha value is -2.66. The number of hydrogen-bond acceptors (Lipinski definition) is 7. The van der Waals surface area contributed by atoms with E-state index >= 15 is 0 Å². The lowest BCUT2D eigenvalue weighted by Crippen LogP contribution is -2.52. The highest BCUT2D eigenvalue weighted by molar-refractivity contribution is 7.99. The summed E-state index contributed by atoms with van der Waals surface area (Å²) in [7, 11) is 0. The van der Waals surface area contributed by atoms with Crippen molar-refractivity contribution in [1.29, 1.82) is 0 Å². The Bertz CT molecular complexity index is 1110. The van der Waals surface area contributed by atoms with Crippen LogP contribution in [0.15, 0.2) is 42.5 Å². The van der Waals surface area contributed by atoms with E-state index in [0.717, 1.165) is 0 Å². The van der Waals surface area contributed by atoms with Gasteiger partial charge >= 0.3 is 12.1 Å². The number of nitrogens with zero attached hydrogens (tertiary/aromatic N) is 1. The average molecular weight is 569 g/mol. The molecule has 2 N–H and O–H groups in total. The molecule has 0 aromatic heterocycles. The number of amides is 2. The molecule has 0 saturated carbocycles. The number of benzene rings is 2. The minimum atomic E-state index is -1.18.